The molecule has 110 valence electrons. The lowest BCUT2D eigenvalue weighted by Gasteiger charge is -2.08. The van der Waals surface area contributed by atoms with Crippen molar-refractivity contribution in [3.8, 4) is 22.5 Å². The number of hydrogen-bond acceptors (Lipinski definition) is 2. The van der Waals surface area contributed by atoms with Crippen LogP contribution in [0.25, 0.3) is 33.3 Å². The van der Waals surface area contributed by atoms with Crippen molar-refractivity contribution in [1.82, 2.24) is 9.97 Å². The van der Waals surface area contributed by atoms with Crippen LogP contribution in [0.15, 0.2) is 79.0 Å². The van der Waals surface area contributed by atoms with Crippen LogP contribution in [-0.2, 0) is 0 Å². The van der Waals surface area contributed by atoms with Crippen LogP contribution in [0.1, 0.15) is 0 Å². The van der Waals surface area contributed by atoms with E-state index in [1.165, 1.54) is 0 Å². The molecule has 0 aliphatic heterocycles. The Bertz CT molecular complexity index is 976. The smallest absolute Gasteiger partial charge is 0.161 e. The summed E-state index contributed by atoms with van der Waals surface area (Å²) in [5.41, 5.74) is 2.85. The molecule has 0 aliphatic rings. The molecular formula is C20H13ClN2. The van der Waals surface area contributed by atoms with Crippen molar-refractivity contribution in [2.24, 2.45) is 0 Å². The van der Waals surface area contributed by atoms with Crippen LogP contribution in [0.4, 0.5) is 0 Å². The Morgan fingerprint density at radius 3 is 2.26 bits per heavy atom. The molecule has 3 heteroatoms. The maximum atomic E-state index is 6.41. The van der Waals surface area contributed by atoms with Gasteiger partial charge in [0.15, 0.2) is 5.82 Å². The second kappa shape index (κ2) is 5.82. The summed E-state index contributed by atoms with van der Waals surface area (Å²) < 4.78 is 0. The van der Waals surface area contributed by atoms with Gasteiger partial charge in [-0.05, 0) is 16.3 Å². The summed E-state index contributed by atoms with van der Waals surface area (Å²) in [4.78, 5) is 9.06. The predicted octanol–water partition coefficient (Wildman–Crippen LogP) is 5.62. The zero-order chi connectivity index (χ0) is 15.6. The van der Waals surface area contributed by atoms with Crippen LogP contribution in [0.3, 0.4) is 0 Å². The summed E-state index contributed by atoms with van der Waals surface area (Å²) in [7, 11) is 0. The fourth-order valence-corrected chi connectivity index (χ4v) is 2.96. The van der Waals surface area contributed by atoms with E-state index in [2.05, 4.69) is 28.2 Å². The first-order chi connectivity index (χ1) is 11.3. The molecule has 2 nitrogen and oxygen atoms in total. The molecule has 0 aliphatic carbocycles. The zero-order valence-corrected chi connectivity index (χ0v) is 13.0. The van der Waals surface area contributed by atoms with E-state index in [1.54, 1.807) is 6.20 Å². The van der Waals surface area contributed by atoms with Crippen molar-refractivity contribution in [2.75, 3.05) is 0 Å². The molecule has 0 saturated carbocycles. The second-order valence-corrected chi connectivity index (χ2v) is 5.65. The highest BCUT2D eigenvalue weighted by molar-refractivity contribution is 6.32. The first kappa shape index (κ1) is 13.9. The van der Waals surface area contributed by atoms with Crippen molar-refractivity contribution in [3.63, 3.8) is 0 Å². The summed E-state index contributed by atoms with van der Waals surface area (Å²) >= 11 is 6.41. The SMILES string of the molecule is Clc1nc(-c2cccc3ccccc23)ncc1-c1ccccc1. The summed E-state index contributed by atoms with van der Waals surface area (Å²) in [6.45, 7) is 0. The minimum absolute atomic E-state index is 0.467. The number of hydrogen-bond donors (Lipinski definition) is 0. The lowest BCUT2D eigenvalue weighted by molar-refractivity contribution is 1.18. The molecule has 0 bridgehead atoms. The van der Waals surface area contributed by atoms with Gasteiger partial charge in [0.1, 0.15) is 5.15 Å². The average molecular weight is 317 g/mol. The highest BCUT2D eigenvalue weighted by Crippen LogP contribution is 2.30. The van der Waals surface area contributed by atoms with Crippen molar-refractivity contribution in [1.29, 1.82) is 0 Å². The standard InChI is InChI=1S/C20H13ClN2/c21-19-18(15-7-2-1-3-8-15)13-22-20(23-19)17-12-6-10-14-9-4-5-11-16(14)17/h1-13H. The van der Waals surface area contributed by atoms with Gasteiger partial charge in [-0.25, -0.2) is 9.97 Å². The number of aromatic nitrogens is 2. The number of fused-ring (bicyclic) bond motifs is 1. The quantitative estimate of drug-likeness (QED) is 0.449. The first-order valence-electron chi connectivity index (χ1n) is 7.39. The third-order valence-electron chi connectivity index (χ3n) is 3.86. The van der Waals surface area contributed by atoms with E-state index in [0.717, 1.165) is 27.5 Å². The summed E-state index contributed by atoms with van der Waals surface area (Å²) in [6.07, 6.45) is 1.79. The molecule has 3 aromatic carbocycles. The highest BCUT2D eigenvalue weighted by Gasteiger charge is 2.10. The molecule has 23 heavy (non-hydrogen) atoms. The Kier molecular flexibility index (Phi) is 3.52. The van der Waals surface area contributed by atoms with E-state index in [-0.39, 0.29) is 0 Å². The summed E-state index contributed by atoms with van der Waals surface area (Å²) in [5, 5.41) is 2.75. The van der Waals surface area contributed by atoms with Gasteiger partial charge in [0.05, 0.1) is 0 Å². The largest absolute Gasteiger partial charge is 0.236 e. The maximum Gasteiger partial charge on any atom is 0.161 e. The molecule has 0 N–H and O–H groups in total. The van der Waals surface area contributed by atoms with E-state index < -0.39 is 0 Å². The first-order valence-corrected chi connectivity index (χ1v) is 7.77. The number of halogens is 1. The predicted molar refractivity (Wildman–Crippen MR) is 95.4 cm³/mol. The molecule has 0 saturated heterocycles. The van der Waals surface area contributed by atoms with Gasteiger partial charge >= 0.3 is 0 Å². The van der Waals surface area contributed by atoms with E-state index in [4.69, 9.17) is 11.6 Å². The summed E-state index contributed by atoms with van der Waals surface area (Å²) in [5.74, 6) is 0.645. The van der Waals surface area contributed by atoms with Gasteiger partial charge in [0.25, 0.3) is 0 Å². The molecule has 0 atom stereocenters. The second-order valence-electron chi connectivity index (χ2n) is 5.29. The fraction of sp³-hybridized carbons (Fsp3) is 0. The number of rotatable bonds is 2. The van der Waals surface area contributed by atoms with Gasteiger partial charge in [-0.1, -0.05) is 84.4 Å². The van der Waals surface area contributed by atoms with Crippen molar-refractivity contribution in [2.45, 2.75) is 0 Å². The number of nitrogens with zero attached hydrogens (tertiary/aromatic N) is 2. The molecule has 1 heterocycles. The van der Waals surface area contributed by atoms with Gasteiger partial charge in [-0.2, -0.15) is 0 Å². The van der Waals surface area contributed by atoms with Crippen molar-refractivity contribution < 1.29 is 0 Å². The molecule has 0 spiro atoms. The van der Waals surface area contributed by atoms with Gasteiger partial charge in [-0.15, -0.1) is 0 Å². The Hall–Kier alpha value is -2.71. The topological polar surface area (TPSA) is 25.8 Å². The minimum Gasteiger partial charge on any atom is -0.236 e. The van der Waals surface area contributed by atoms with E-state index in [9.17, 15) is 0 Å². The third-order valence-corrected chi connectivity index (χ3v) is 4.15. The van der Waals surface area contributed by atoms with E-state index in [1.807, 2.05) is 54.6 Å². The maximum absolute atomic E-state index is 6.41. The van der Waals surface area contributed by atoms with Gasteiger partial charge in [-0.3, -0.25) is 0 Å². The fourth-order valence-electron chi connectivity index (χ4n) is 2.72. The van der Waals surface area contributed by atoms with E-state index >= 15 is 0 Å². The molecule has 0 fully saturated rings. The molecular weight excluding hydrogens is 304 g/mol. The third kappa shape index (κ3) is 2.58. The molecule has 1 aromatic heterocycles. The van der Waals surface area contributed by atoms with Crippen LogP contribution in [0.5, 0.6) is 0 Å². The molecule has 4 rings (SSSR count). The zero-order valence-electron chi connectivity index (χ0n) is 12.3. The van der Waals surface area contributed by atoms with Crippen molar-refractivity contribution in [3.05, 3.63) is 84.1 Å². The van der Waals surface area contributed by atoms with Gasteiger partial charge in [0.2, 0.25) is 0 Å². The Balaban J connectivity index is 1.86. The lowest BCUT2D eigenvalue weighted by atomic mass is 10.0. The minimum atomic E-state index is 0.467. The van der Waals surface area contributed by atoms with Crippen LogP contribution in [0.2, 0.25) is 5.15 Å². The van der Waals surface area contributed by atoms with Crippen LogP contribution >= 0.6 is 11.6 Å². The normalized spacial score (nSPS) is 10.8. The van der Waals surface area contributed by atoms with Gasteiger partial charge < -0.3 is 0 Å². The monoisotopic (exact) mass is 316 g/mol. The number of benzene rings is 3. The van der Waals surface area contributed by atoms with Crippen molar-refractivity contribution >= 4 is 22.4 Å². The summed E-state index contributed by atoms with van der Waals surface area (Å²) in [6, 6.07) is 24.3. The Labute approximate surface area is 139 Å². The molecule has 4 aromatic rings. The Morgan fingerprint density at radius 2 is 1.43 bits per heavy atom. The van der Waals surface area contributed by atoms with Crippen LogP contribution < -0.4 is 0 Å². The molecule has 0 radical (unpaired) electrons. The van der Waals surface area contributed by atoms with E-state index in [0.29, 0.717) is 11.0 Å². The van der Waals surface area contributed by atoms with Crippen LogP contribution in [-0.4, -0.2) is 9.97 Å². The average Bonchev–Trinajstić information content (AvgIpc) is 2.62. The highest BCUT2D eigenvalue weighted by atomic mass is 35.5. The van der Waals surface area contributed by atoms with Crippen LogP contribution in [0, 0.1) is 0 Å². The Morgan fingerprint density at radius 1 is 0.696 bits per heavy atom. The molecule has 0 amide bonds. The molecule has 0 unspecified atom stereocenters. The van der Waals surface area contributed by atoms with Gasteiger partial charge in [0, 0.05) is 17.3 Å². The lowest BCUT2D eigenvalue weighted by Crippen LogP contribution is -1.93.